The second-order valence-corrected chi connectivity index (χ2v) is 12.1. The number of nitrogens with zero attached hydrogens (tertiary/aromatic N) is 1. The molecule has 0 unspecified atom stereocenters. The highest BCUT2D eigenvalue weighted by Gasteiger charge is 2.51. The zero-order valence-electron chi connectivity index (χ0n) is 22.5. The Labute approximate surface area is 227 Å². The van der Waals surface area contributed by atoms with E-state index in [2.05, 4.69) is 53.5 Å². The standard InChI is InChI=1S/C34H41NO3/c36-33(25-37-23-27-9-4-5-10-27)16-17-34(20-26-7-2-1-3-8-26)30(21-33)13-12-29-19-31(14-15-32(29)34)38-24-28-11-6-18-35-22-28/h1-3,6-8,11,14-15,18-19,22,27,30,36H,4-5,9-10,12-13,16-17,20-21,23-25H2/t30-,33-,34+/m1/s1. The summed E-state index contributed by atoms with van der Waals surface area (Å²) in [5.74, 6) is 2.05. The SMILES string of the molecule is O[C@]1(COCC2CCCC2)CC[C@@]2(Cc3ccccc3)c3ccc(OCc4cccnc4)cc3CC[C@@H]2C1. The van der Waals surface area contributed by atoms with E-state index in [4.69, 9.17) is 9.47 Å². The van der Waals surface area contributed by atoms with Crippen molar-refractivity contribution in [2.45, 2.75) is 81.8 Å². The number of benzene rings is 2. The summed E-state index contributed by atoms with van der Waals surface area (Å²) < 4.78 is 12.3. The number of aromatic nitrogens is 1. The van der Waals surface area contributed by atoms with Gasteiger partial charge < -0.3 is 14.6 Å². The van der Waals surface area contributed by atoms with Gasteiger partial charge in [0.05, 0.1) is 12.2 Å². The Balaban J connectivity index is 1.22. The Kier molecular flexibility index (Phi) is 7.54. The van der Waals surface area contributed by atoms with Gasteiger partial charge in [-0.05, 0) is 98.1 Å². The first-order chi connectivity index (χ1) is 18.6. The molecule has 0 aliphatic heterocycles. The predicted octanol–water partition coefficient (Wildman–Crippen LogP) is 6.83. The van der Waals surface area contributed by atoms with Crippen LogP contribution < -0.4 is 4.74 Å². The lowest BCUT2D eigenvalue weighted by Crippen LogP contribution is -2.53. The molecular weight excluding hydrogens is 470 g/mol. The molecule has 0 amide bonds. The van der Waals surface area contributed by atoms with E-state index in [0.717, 1.165) is 56.4 Å². The molecule has 38 heavy (non-hydrogen) atoms. The van der Waals surface area contributed by atoms with Crippen LogP contribution in [-0.2, 0) is 29.6 Å². The molecule has 0 bridgehead atoms. The molecule has 1 heterocycles. The van der Waals surface area contributed by atoms with Crippen molar-refractivity contribution < 1.29 is 14.6 Å². The zero-order valence-corrected chi connectivity index (χ0v) is 22.5. The normalized spacial score (nSPS) is 27.0. The molecule has 3 atom stereocenters. The lowest BCUT2D eigenvalue weighted by atomic mass is 9.52. The summed E-state index contributed by atoms with van der Waals surface area (Å²) in [6.07, 6.45) is 14.6. The number of fused-ring (bicyclic) bond motifs is 3. The van der Waals surface area contributed by atoms with E-state index >= 15 is 0 Å². The second-order valence-electron chi connectivity index (χ2n) is 12.1. The van der Waals surface area contributed by atoms with Crippen molar-refractivity contribution in [3.05, 3.63) is 95.3 Å². The van der Waals surface area contributed by atoms with Crippen molar-refractivity contribution in [1.82, 2.24) is 4.98 Å². The lowest BCUT2D eigenvalue weighted by molar-refractivity contribution is -0.105. The van der Waals surface area contributed by atoms with Gasteiger partial charge in [0.1, 0.15) is 12.4 Å². The molecule has 1 aromatic heterocycles. The minimum atomic E-state index is -0.715. The molecule has 3 aromatic rings. The van der Waals surface area contributed by atoms with E-state index in [0.29, 0.717) is 25.0 Å². The van der Waals surface area contributed by atoms with E-state index in [-0.39, 0.29) is 5.41 Å². The average Bonchev–Trinajstić information content (AvgIpc) is 3.47. The molecule has 4 heteroatoms. The summed E-state index contributed by atoms with van der Waals surface area (Å²) in [4.78, 5) is 4.20. The van der Waals surface area contributed by atoms with Crippen molar-refractivity contribution in [2.75, 3.05) is 13.2 Å². The lowest BCUT2D eigenvalue weighted by Gasteiger charge is -2.53. The van der Waals surface area contributed by atoms with E-state index in [1.165, 1.54) is 42.4 Å². The van der Waals surface area contributed by atoms with Crippen molar-refractivity contribution in [3.8, 4) is 5.75 Å². The zero-order chi connectivity index (χ0) is 25.8. The van der Waals surface area contributed by atoms with Gasteiger partial charge in [-0.1, -0.05) is 55.3 Å². The molecule has 0 spiro atoms. The molecule has 3 aliphatic rings. The molecule has 2 aromatic carbocycles. The molecule has 6 rings (SSSR count). The summed E-state index contributed by atoms with van der Waals surface area (Å²) in [6, 6.07) is 21.6. The van der Waals surface area contributed by atoms with E-state index < -0.39 is 5.60 Å². The number of aryl methyl sites for hydroxylation is 1. The minimum absolute atomic E-state index is 0.0362. The number of aliphatic hydroxyl groups is 1. The maximum atomic E-state index is 11.7. The highest BCUT2D eigenvalue weighted by molar-refractivity contribution is 5.45. The summed E-state index contributed by atoms with van der Waals surface area (Å²) in [5, 5.41) is 11.7. The summed E-state index contributed by atoms with van der Waals surface area (Å²) in [6.45, 7) is 1.82. The van der Waals surface area contributed by atoms with Gasteiger partial charge in [0.15, 0.2) is 0 Å². The Morgan fingerprint density at radius 2 is 1.76 bits per heavy atom. The molecule has 0 saturated heterocycles. The first-order valence-corrected chi connectivity index (χ1v) is 14.6. The Morgan fingerprint density at radius 3 is 2.58 bits per heavy atom. The number of hydrogen-bond donors (Lipinski definition) is 1. The number of hydrogen-bond acceptors (Lipinski definition) is 4. The first-order valence-electron chi connectivity index (χ1n) is 14.6. The summed E-state index contributed by atoms with van der Waals surface area (Å²) >= 11 is 0. The third-order valence-electron chi connectivity index (χ3n) is 9.51. The molecule has 2 fully saturated rings. The summed E-state index contributed by atoms with van der Waals surface area (Å²) in [7, 11) is 0. The van der Waals surface area contributed by atoms with Crippen LogP contribution in [0.4, 0.5) is 0 Å². The van der Waals surface area contributed by atoms with Gasteiger partial charge in [0.25, 0.3) is 0 Å². The van der Waals surface area contributed by atoms with Gasteiger partial charge in [-0.2, -0.15) is 0 Å². The fourth-order valence-corrected chi connectivity index (χ4v) is 7.49. The van der Waals surface area contributed by atoms with Gasteiger partial charge >= 0.3 is 0 Å². The van der Waals surface area contributed by atoms with Crippen LogP contribution in [0.15, 0.2) is 73.1 Å². The predicted molar refractivity (Wildman–Crippen MR) is 150 cm³/mol. The molecule has 200 valence electrons. The molecule has 0 radical (unpaired) electrons. The fourth-order valence-electron chi connectivity index (χ4n) is 7.49. The Morgan fingerprint density at radius 1 is 0.921 bits per heavy atom. The maximum absolute atomic E-state index is 11.7. The van der Waals surface area contributed by atoms with Crippen LogP contribution in [0.5, 0.6) is 5.75 Å². The monoisotopic (exact) mass is 511 g/mol. The molecule has 1 N–H and O–H groups in total. The maximum Gasteiger partial charge on any atom is 0.120 e. The van der Waals surface area contributed by atoms with Crippen LogP contribution in [-0.4, -0.2) is 28.9 Å². The van der Waals surface area contributed by atoms with Gasteiger partial charge in [0, 0.05) is 30.0 Å². The minimum Gasteiger partial charge on any atom is -0.489 e. The van der Waals surface area contributed by atoms with Crippen molar-refractivity contribution in [2.24, 2.45) is 11.8 Å². The van der Waals surface area contributed by atoms with Crippen LogP contribution in [0.3, 0.4) is 0 Å². The number of pyridine rings is 1. The third kappa shape index (κ3) is 5.53. The van der Waals surface area contributed by atoms with Crippen molar-refractivity contribution in [1.29, 1.82) is 0 Å². The molecule has 2 saturated carbocycles. The summed E-state index contributed by atoms with van der Waals surface area (Å²) in [5.41, 5.74) is 4.64. The van der Waals surface area contributed by atoms with Crippen molar-refractivity contribution in [3.63, 3.8) is 0 Å². The second kappa shape index (κ2) is 11.2. The topological polar surface area (TPSA) is 51.6 Å². The molecule has 3 aliphatic carbocycles. The largest absolute Gasteiger partial charge is 0.489 e. The molecular formula is C34H41NO3. The highest BCUT2D eigenvalue weighted by atomic mass is 16.5. The fraction of sp³-hybridized carbons (Fsp3) is 0.500. The van der Waals surface area contributed by atoms with E-state index in [9.17, 15) is 5.11 Å². The van der Waals surface area contributed by atoms with Crippen LogP contribution >= 0.6 is 0 Å². The van der Waals surface area contributed by atoms with Crippen molar-refractivity contribution >= 4 is 0 Å². The third-order valence-corrected chi connectivity index (χ3v) is 9.51. The van der Waals surface area contributed by atoms with E-state index in [1.807, 2.05) is 18.3 Å². The van der Waals surface area contributed by atoms with Crippen LogP contribution in [0.2, 0.25) is 0 Å². The average molecular weight is 512 g/mol. The molecule has 4 nitrogen and oxygen atoms in total. The van der Waals surface area contributed by atoms with Crippen LogP contribution in [0.1, 0.15) is 73.6 Å². The van der Waals surface area contributed by atoms with Gasteiger partial charge in [-0.3, -0.25) is 4.98 Å². The Bertz CT molecular complexity index is 1190. The first kappa shape index (κ1) is 25.6. The highest BCUT2D eigenvalue weighted by Crippen LogP contribution is 2.54. The van der Waals surface area contributed by atoms with E-state index in [1.54, 1.807) is 6.20 Å². The van der Waals surface area contributed by atoms with Crippen LogP contribution in [0, 0.1) is 11.8 Å². The smallest absolute Gasteiger partial charge is 0.120 e. The van der Waals surface area contributed by atoms with Gasteiger partial charge in [-0.15, -0.1) is 0 Å². The number of ether oxygens (including phenoxy) is 2. The Hall–Kier alpha value is -2.69. The van der Waals surface area contributed by atoms with Gasteiger partial charge in [0.2, 0.25) is 0 Å². The van der Waals surface area contributed by atoms with Crippen LogP contribution in [0.25, 0.3) is 0 Å². The quantitative estimate of drug-likeness (QED) is 0.342. The number of rotatable bonds is 9. The van der Waals surface area contributed by atoms with Gasteiger partial charge in [-0.25, -0.2) is 0 Å².